The van der Waals surface area contributed by atoms with Crippen LogP contribution < -0.4 is 15.4 Å². The van der Waals surface area contributed by atoms with Crippen LogP contribution in [-0.2, 0) is 4.79 Å². The molecule has 1 amide bonds. The van der Waals surface area contributed by atoms with Crippen LogP contribution >= 0.6 is 0 Å². The number of nitrogens with two attached hydrogens (primary N) is 1. The van der Waals surface area contributed by atoms with Crippen LogP contribution in [0.5, 0.6) is 5.75 Å². The second kappa shape index (κ2) is 5.95. The Bertz CT molecular complexity index is 428. The molecule has 2 N–H and O–H groups in total. The first-order valence-electron chi connectivity index (χ1n) is 6.87. The highest BCUT2D eigenvalue weighted by molar-refractivity contribution is 5.77. The van der Waals surface area contributed by atoms with E-state index in [1.807, 2.05) is 38.1 Å². The largest absolute Gasteiger partial charge is 0.491 e. The van der Waals surface area contributed by atoms with Crippen molar-refractivity contribution < 1.29 is 9.53 Å². The number of carbonyl (C=O) groups is 1. The fourth-order valence-electron chi connectivity index (χ4n) is 2.45. The third-order valence-corrected chi connectivity index (χ3v) is 3.40. The first-order valence-corrected chi connectivity index (χ1v) is 6.87. The van der Waals surface area contributed by atoms with E-state index in [-0.39, 0.29) is 17.9 Å². The van der Waals surface area contributed by atoms with Gasteiger partial charge in [-0.25, -0.2) is 0 Å². The number of nitrogens with zero attached hydrogens (tertiary/aromatic N) is 1. The van der Waals surface area contributed by atoms with Gasteiger partial charge in [-0.15, -0.1) is 0 Å². The SMILES string of the molecule is CC(C)Oc1ccc(N2CCCC(C(N)=O)C2)cc1. The second-order valence-corrected chi connectivity index (χ2v) is 5.35. The highest BCUT2D eigenvalue weighted by atomic mass is 16.5. The maximum Gasteiger partial charge on any atom is 0.222 e. The predicted octanol–water partition coefficient (Wildman–Crippen LogP) is 2.18. The molecule has 0 saturated carbocycles. The molecule has 19 heavy (non-hydrogen) atoms. The molecule has 2 rings (SSSR count). The molecule has 4 nitrogen and oxygen atoms in total. The number of hydrogen-bond acceptors (Lipinski definition) is 3. The van der Waals surface area contributed by atoms with E-state index in [0.717, 1.165) is 37.4 Å². The average Bonchev–Trinajstić information content (AvgIpc) is 2.39. The average molecular weight is 262 g/mol. The minimum atomic E-state index is -0.190. The summed E-state index contributed by atoms with van der Waals surface area (Å²) in [6, 6.07) is 8.04. The van der Waals surface area contributed by atoms with Crippen molar-refractivity contribution in [2.45, 2.75) is 32.8 Å². The van der Waals surface area contributed by atoms with E-state index in [2.05, 4.69) is 4.90 Å². The molecule has 0 aliphatic carbocycles. The van der Waals surface area contributed by atoms with Crippen molar-refractivity contribution in [1.82, 2.24) is 0 Å². The molecule has 1 atom stereocenters. The molecule has 1 aliphatic heterocycles. The lowest BCUT2D eigenvalue weighted by molar-refractivity contribution is -0.122. The molecule has 1 aromatic carbocycles. The number of amides is 1. The Hall–Kier alpha value is -1.71. The lowest BCUT2D eigenvalue weighted by atomic mass is 9.97. The van der Waals surface area contributed by atoms with Crippen molar-refractivity contribution in [3.63, 3.8) is 0 Å². The molecular formula is C15H22N2O2. The number of anilines is 1. The van der Waals surface area contributed by atoms with Gasteiger partial charge in [-0.1, -0.05) is 0 Å². The third kappa shape index (κ3) is 3.63. The van der Waals surface area contributed by atoms with Crippen molar-refractivity contribution in [2.24, 2.45) is 11.7 Å². The molecule has 4 heteroatoms. The maximum absolute atomic E-state index is 11.3. The summed E-state index contributed by atoms with van der Waals surface area (Å²) >= 11 is 0. The summed E-state index contributed by atoms with van der Waals surface area (Å²) in [7, 11) is 0. The molecule has 1 unspecified atom stereocenters. The van der Waals surface area contributed by atoms with E-state index < -0.39 is 0 Å². The van der Waals surface area contributed by atoms with Crippen LogP contribution in [0.4, 0.5) is 5.69 Å². The Morgan fingerprint density at radius 3 is 2.63 bits per heavy atom. The normalized spacial score (nSPS) is 19.5. The Morgan fingerprint density at radius 1 is 1.37 bits per heavy atom. The van der Waals surface area contributed by atoms with Gasteiger partial charge >= 0.3 is 0 Å². The maximum atomic E-state index is 11.3. The van der Waals surface area contributed by atoms with Crippen LogP contribution in [0, 0.1) is 5.92 Å². The lowest BCUT2D eigenvalue weighted by Gasteiger charge is -2.33. The van der Waals surface area contributed by atoms with Gasteiger partial charge in [0, 0.05) is 18.8 Å². The molecule has 1 heterocycles. The Labute approximate surface area is 114 Å². The smallest absolute Gasteiger partial charge is 0.222 e. The van der Waals surface area contributed by atoms with Crippen molar-refractivity contribution in [3.8, 4) is 5.75 Å². The van der Waals surface area contributed by atoms with Crippen LogP contribution in [0.25, 0.3) is 0 Å². The van der Waals surface area contributed by atoms with E-state index in [0.29, 0.717) is 0 Å². The standard InChI is InChI=1S/C15H22N2O2/c1-11(2)19-14-7-5-13(6-8-14)17-9-3-4-12(10-17)15(16)18/h5-8,11-12H,3-4,9-10H2,1-2H3,(H2,16,18). The van der Waals surface area contributed by atoms with Crippen LogP contribution in [0.15, 0.2) is 24.3 Å². The molecule has 0 radical (unpaired) electrons. The number of carbonyl (C=O) groups excluding carboxylic acids is 1. The van der Waals surface area contributed by atoms with Gasteiger partial charge in [0.25, 0.3) is 0 Å². The number of primary amides is 1. The zero-order valence-electron chi connectivity index (χ0n) is 11.6. The van der Waals surface area contributed by atoms with Crippen LogP contribution in [0.2, 0.25) is 0 Å². The van der Waals surface area contributed by atoms with Gasteiger partial charge in [-0.3, -0.25) is 4.79 Å². The summed E-state index contributed by atoms with van der Waals surface area (Å²) in [6.07, 6.45) is 2.10. The number of rotatable bonds is 4. The van der Waals surface area contributed by atoms with E-state index in [4.69, 9.17) is 10.5 Å². The minimum Gasteiger partial charge on any atom is -0.491 e. The first kappa shape index (κ1) is 13.7. The summed E-state index contributed by atoms with van der Waals surface area (Å²) < 4.78 is 5.62. The first-order chi connectivity index (χ1) is 9.06. The second-order valence-electron chi connectivity index (χ2n) is 5.35. The van der Waals surface area contributed by atoms with Crippen LogP contribution in [0.3, 0.4) is 0 Å². The summed E-state index contributed by atoms with van der Waals surface area (Å²) in [5.41, 5.74) is 6.53. The van der Waals surface area contributed by atoms with Gasteiger partial charge in [0.15, 0.2) is 0 Å². The molecule has 0 spiro atoms. The van der Waals surface area contributed by atoms with Crippen molar-refractivity contribution in [3.05, 3.63) is 24.3 Å². The summed E-state index contributed by atoms with van der Waals surface area (Å²) in [5, 5.41) is 0. The third-order valence-electron chi connectivity index (χ3n) is 3.40. The highest BCUT2D eigenvalue weighted by Crippen LogP contribution is 2.25. The Kier molecular flexibility index (Phi) is 4.30. The van der Waals surface area contributed by atoms with Crippen LogP contribution in [-0.4, -0.2) is 25.1 Å². The van der Waals surface area contributed by atoms with E-state index >= 15 is 0 Å². The van der Waals surface area contributed by atoms with E-state index in [1.54, 1.807) is 0 Å². The Morgan fingerprint density at radius 2 is 2.05 bits per heavy atom. The fraction of sp³-hybridized carbons (Fsp3) is 0.533. The predicted molar refractivity (Wildman–Crippen MR) is 76.3 cm³/mol. The van der Waals surface area contributed by atoms with E-state index in [9.17, 15) is 4.79 Å². The number of benzene rings is 1. The zero-order chi connectivity index (χ0) is 13.8. The van der Waals surface area contributed by atoms with Crippen molar-refractivity contribution >= 4 is 11.6 Å². The summed E-state index contributed by atoms with van der Waals surface area (Å²) in [4.78, 5) is 13.5. The van der Waals surface area contributed by atoms with Crippen molar-refractivity contribution in [2.75, 3.05) is 18.0 Å². The monoisotopic (exact) mass is 262 g/mol. The van der Waals surface area contributed by atoms with Gasteiger partial charge in [-0.05, 0) is 51.0 Å². The van der Waals surface area contributed by atoms with Gasteiger partial charge in [0.2, 0.25) is 5.91 Å². The topological polar surface area (TPSA) is 55.6 Å². The number of hydrogen-bond donors (Lipinski definition) is 1. The molecule has 1 saturated heterocycles. The van der Waals surface area contributed by atoms with Gasteiger partial charge < -0.3 is 15.4 Å². The Balaban J connectivity index is 2.03. The molecule has 0 aromatic heterocycles. The highest BCUT2D eigenvalue weighted by Gasteiger charge is 2.23. The molecule has 1 fully saturated rings. The van der Waals surface area contributed by atoms with E-state index in [1.165, 1.54) is 0 Å². The zero-order valence-corrected chi connectivity index (χ0v) is 11.6. The lowest BCUT2D eigenvalue weighted by Crippen LogP contribution is -2.41. The summed E-state index contributed by atoms with van der Waals surface area (Å²) in [6.45, 7) is 5.72. The van der Waals surface area contributed by atoms with Gasteiger partial charge in [0.1, 0.15) is 5.75 Å². The fourth-order valence-corrected chi connectivity index (χ4v) is 2.45. The number of ether oxygens (including phenoxy) is 1. The van der Waals surface area contributed by atoms with Gasteiger partial charge in [0.05, 0.1) is 12.0 Å². The van der Waals surface area contributed by atoms with Crippen LogP contribution in [0.1, 0.15) is 26.7 Å². The molecule has 1 aliphatic rings. The quantitative estimate of drug-likeness (QED) is 0.904. The van der Waals surface area contributed by atoms with Crippen molar-refractivity contribution in [1.29, 1.82) is 0 Å². The molecule has 0 bridgehead atoms. The number of piperidine rings is 1. The molecule has 1 aromatic rings. The minimum absolute atomic E-state index is 0.0275. The van der Waals surface area contributed by atoms with Gasteiger partial charge in [-0.2, -0.15) is 0 Å². The summed E-state index contributed by atoms with van der Waals surface area (Å²) in [5.74, 6) is 0.659. The molecular weight excluding hydrogens is 240 g/mol. The molecule has 104 valence electrons.